The first-order valence-corrected chi connectivity index (χ1v) is 6.43. The predicted octanol–water partition coefficient (Wildman–Crippen LogP) is 0.828. The van der Waals surface area contributed by atoms with Crippen molar-refractivity contribution in [2.75, 3.05) is 12.4 Å². The highest BCUT2D eigenvalue weighted by atomic mass is 16.5. The van der Waals surface area contributed by atoms with Crippen molar-refractivity contribution >= 4 is 17.8 Å². The van der Waals surface area contributed by atoms with Crippen LogP contribution in [-0.4, -0.2) is 44.6 Å². The van der Waals surface area contributed by atoms with Crippen LogP contribution in [0.25, 0.3) is 0 Å². The molecule has 1 amide bonds. The van der Waals surface area contributed by atoms with Crippen LogP contribution in [0.5, 0.6) is 0 Å². The second kappa shape index (κ2) is 6.16. The number of hydrogen-bond acceptors (Lipinski definition) is 6. The molecule has 112 valence electrons. The van der Waals surface area contributed by atoms with E-state index >= 15 is 0 Å². The van der Waals surface area contributed by atoms with Crippen molar-refractivity contribution < 1.29 is 14.3 Å². The van der Waals surface area contributed by atoms with Gasteiger partial charge >= 0.3 is 5.97 Å². The Labute approximate surface area is 120 Å². The van der Waals surface area contributed by atoms with Crippen LogP contribution < -0.4 is 5.32 Å². The fraction of sp³-hybridized carbons (Fsp3) is 0.417. The van der Waals surface area contributed by atoms with Gasteiger partial charge in [-0.3, -0.25) is 10.1 Å². The molecule has 2 aromatic heterocycles. The molecule has 2 rings (SSSR count). The highest BCUT2D eigenvalue weighted by Crippen LogP contribution is 2.22. The molecule has 9 nitrogen and oxygen atoms in total. The summed E-state index contributed by atoms with van der Waals surface area (Å²) in [7, 11) is 1.31. The number of hydrogen-bond donors (Lipinski definition) is 3. The summed E-state index contributed by atoms with van der Waals surface area (Å²) in [6, 6.07) is 0. The largest absolute Gasteiger partial charge is 0.465 e. The van der Waals surface area contributed by atoms with Crippen molar-refractivity contribution in [3.05, 3.63) is 22.5 Å². The van der Waals surface area contributed by atoms with E-state index < -0.39 is 11.9 Å². The van der Waals surface area contributed by atoms with Crippen LogP contribution >= 0.6 is 0 Å². The van der Waals surface area contributed by atoms with Gasteiger partial charge < -0.3 is 9.72 Å². The Hall–Kier alpha value is -2.71. The first-order chi connectivity index (χ1) is 10.1. The van der Waals surface area contributed by atoms with Crippen molar-refractivity contribution in [3.63, 3.8) is 0 Å². The van der Waals surface area contributed by atoms with E-state index in [1.54, 1.807) is 6.92 Å². The molecule has 0 saturated heterocycles. The molecule has 0 saturated carbocycles. The number of ether oxygens (including phenoxy) is 1. The maximum absolute atomic E-state index is 12.3. The number of nitrogens with one attached hydrogen (secondary N) is 3. The Morgan fingerprint density at radius 3 is 2.71 bits per heavy atom. The molecule has 0 unspecified atom stereocenters. The molecule has 0 atom stereocenters. The van der Waals surface area contributed by atoms with Crippen LogP contribution in [0.2, 0.25) is 0 Å². The third-order valence-electron chi connectivity index (χ3n) is 2.98. The summed E-state index contributed by atoms with van der Waals surface area (Å²) in [5, 5.41) is 15.4. The summed E-state index contributed by atoms with van der Waals surface area (Å²) in [5.74, 6) is -0.835. The number of H-pyrrole nitrogens is 2. The SMILES string of the molecule is CCCc1c(C(=O)Nc2nn[nH]n2)[nH]c(C)c1C(=O)OC. The van der Waals surface area contributed by atoms with Gasteiger partial charge in [-0.05, 0) is 24.1 Å². The Kier molecular flexibility index (Phi) is 4.31. The first-order valence-electron chi connectivity index (χ1n) is 6.43. The minimum absolute atomic E-state index is 0.0642. The van der Waals surface area contributed by atoms with Crippen LogP contribution in [0, 0.1) is 6.92 Å². The fourth-order valence-corrected chi connectivity index (χ4v) is 2.13. The van der Waals surface area contributed by atoms with E-state index in [0.717, 1.165) is 6.42 Å². The molecule has 3 N–H and O–H groups in total. The lowest BCUT2D eigenvalue weighted by molar-refractivity contribution is 0.0599. The van der Waals surface area contributed by atoms with Gasteiger partial charge in [0.15, 0.2) is 0 Å². The van der Waals surface area contributed by atoms with E-state index in [2.05, 4.69) is 30.9 Å². The maximum Gasteiger partial charge on any atom is 0.339 e. The molecule has 0 aromatic carbocycles. The summed E-state index contributed by atoms with van der Waals surface area (Å²) >= 11 is 0. The van der Waals surface area contributed by atoms with Crippen LogP contribution in [0.1, 0.15) is 45.4 Å². The molecular formula is C12H16N6O3. The monoisotopic (exact) mass is 292 g/mol. The number of nitrogens with zero attached hydrogens (tertiary/aromatic N) is 3. The standard InChI is InChI=1S/C12H16N6O3/c1-4-5-7-8(11(20)21-3)6(2)13-9(7)10(19)14-12-15-17-18-16-12/h13H,4-5H2,1-3H3,(H2,14,15,16,17,18,19). The third kappa shape index (κ3) is 2.91. The van der Waals surface area contributed by atoms with E-state index in [9.17, 15) is 9.59 Å². The second-order valence-electron chi connectivity index (χ2n) is 4.41. The summed E-state index contributed by atoms with van der Waals surface area (Å²) < 4.78 is 4.77. The van der Waals surface area contributed by atoms with Gasteiger partial charge in [-0.15, -0.1) is 5.10 Å². The number of methoxy groups -OCH3 is 1. The van der Waals surface area contributed by atoms with Gasteiger partial charge in [0.1, 0.15) is 5.69 Å². The van der Waals surface area contributed by atoms with E-state index in [1.807, 2.05) is 6.92 Å². The Morgan fingerprint density at radius 1 is 1.38 bits per heavy atom. The van der Waals surface area contributed by atoms with Crippen LogP contribution in [-0.2, 0) is 11.2 Å². The minimum Gasteiger partial charge on any atom is -0.465 e. The number of carbonyl (C=O) groups excluding carboxylic acids is 2. The van der Waals surface area contributed by atoms with Crippen LogP contribution in [0.15, 0.2) is 0 Å². The summed E-state index contributed by atoms with van der Waals surface area (Å²) in [4.78, 5) is 27.1. The van der Waals surface area contributed by atoms with Crippen molar-refractivity contribution in [3.8, 4) is 0 Å². The Morgan fingerprint density at radius 2 is 2.14 bits per heavy atom. The minimum atomic E-state index is -0.467. The molecule has 9 heteroatoms. The Bertz CT molecular complexity index is 646. The average molecular weight is 292 g/mol. The molecule has 0 aliphatic heterocycles. The topological polar surface area (TPSA) is 126 Å². The molecule has 0 fully saturated rings. The van der Waals surface area contributed by atoms with Crippen LogP contribution in [0.3, 0.4) is 0 Å². The second-order valence-corrected chi connectivity index (χ2v) is 4.41. The fourth-order valence-electron chi connectivity index (χ4n) is 2.13. The Balaban J connectivity index is 2.38. The number of tetrazole rings is 1. The first kappa shape index (κ1) is 14.7. The number of rotatable bonds is 5. The van der Waals surface area contributed by atoms with E-state index in [4.69, 9.17) is 4.74 Å². The normalized spacial score (nSPS) is 10.4. The lowest BCUT2D eigenvalue weighted by Gasteiger charge is -2.05. The third-order valence-corrected chi connectivity index (χ3v) is 2.98. The molecule has 0 radical (unpaired) electrons. The van der Waals surface area contributed by atoms with E-state index in [1.165, 1.54) is 7.11 Å². The molecule has 0 aliphatic carbocycles. The zero-order valence-electron chi connectivity index (χ0n) is 12.0. The van der Waals surface area contributed by atoms with Gasteiger partial charge in [0.25, 0.3) is 11.9 Å². The number of anilines is 1. The summed E-state index contributed by atoms with van der Waals surface area (Å²) in [5.41, 5.74) is 1.92. The van der Waals surface area contributed by atoms with Crippen LogP contribution in [0.4, 0.5) is 5.95 Å². The number of aromatic amines is 2. The lowest BCUT2D eigenvalue weighted by atomic mass is 10.0. The highest BCUT2D eigenvalue weighted by molar-refractivity contribution is 6.06. The quantitative estimate of drug-likeness (QED) is 0.701. The number of esters is 1. The number of aryl methyl sites for hydroxylation is 1. The zero-order chi connectivity index (χ0) is 15.4. The summed E-state index contributed by atoms with van der Waals surface area (Å²) in [6.07, 6.45) is 1.35. The van der Waals surface area contributed by atoms with E-state index in [-0.39, 0.29) is 5.95 Å². The van der Waals surface area contributed by atoms with E-state index in [0.29, 0.717) is 28.9 Å². The molecule has 2 aromatic rings. The van der Waals surface area contributed by atoms with Gasteiger partial charge in [0, 0.05) is 5.69 Å². The maximum atomic E-state index is 12.3. The van der Waals surface area contributed by atoms with Crippen molar-refractivity contribution in [2.45, 2.75) is 26.7 Å². The molecule has 0 spiro atoms. The van der Waals surface area contributed by atoms with Gasteiger partial charge in [0.2, 0.25) is 0 Å². The summed E-state index contributed by atoms with van der Waals surface area (Å²) in [6.45, 7) is 3.68. The zero-order valence-corrected chi connectivity index (χ0v) is 12.0. The molecule has 2 heterocycles. The molecule has 21 heavy (non-hydrogen) atoms. The number of carbonyl (C=O) groups is 2. The van der Waals surface area contributed by atoms with Gasteiger partial charge in [0.05, 0.1) is 12.7 Å². The number of amides is 1. The van der Waals surface area contributed by atoms with Gasteiger partial charge in [-0.1, -0.05) is 18.4 Å². The molecular weight excluding hydrogens is 276 g/mol. The van der Waals surface area contributed by atoms with Gasteiger partial charge in [-0.2, -0.15) is 5.21 Å². The van der Waals surface area contributed by atoms with Crippen molar-refractivity contribution in [2.24, 2.45) is 0 Å². The molecule has 0 aliphatic rings. The molecule has 0 bridgehead atoms. The highest BCUT2D eigenvalue weighted by Gasteiger charge is 2.25. The van der Waals surface area contributed by atoms with Crippen molar-refractivity contribution in [1.82, 2.24) is 25.6 Å². The van der Waals surface area contributed by atoms with Gasteiger partial charge in [-0.25, -0.2) is 4.79 Å². The average Bonchev–Trinajstić information content (AvgIpc) is 3.07. The predicted molar refractivity (Wildman–Crippen MR) is 73.0 cm³/mol. The lowest BCUT2D eigenvalue weighted by Crippen LogP contribution is -2.16. The smallest absolute Gasteiger partial charge is 0.339 e. The van der Waals surface area contributed by atoms with Crippen molar-refractivity contribution in [1.29, 1.82) is 0 Å². The number of aromatic nitrogens is 5.